The first-order valence-corrected chi connectivity index (χ1v) is 7.52. The molecule has 0 spiro atoms. The molecule has 0 fully saturated rings. The average Bonchev–Trinajstić information content (AvgIpc) is 2.61. The first-order valence-electron chi connectivity index (χ1n) is 7.52. The lowest BCUT2D eigenvalue weighted by atomic mass is 10.2. The lowest BCUT2D eigenvalue weighted by Crippen LogP contribution is -2.58. The molecule has 0 heterocycles. The highest BCUT2D eigenvalue weighted by atomic mass is 19.4. The third kappa shape index (κ3) is 5.11. The highest BCUT2D eigenvalue weighted by molar-refractivity contribution is 5.79. The normalized spacial score (nSPS) is 13.0. The molecule has 0 saturated heterocycles. The summed E-state index contributed by atoms with van der Waals surface area (Å²) in [6.45, 7) is 0.119. The van der Waals surface area contributed by atoms with E-state index in [9.17, 15) is 35.1 Å². The van der Waals surface area contributed by atoms with Gasteiger partial charge >= 0.3 is 18.1 Å². The number of hydrogen-bond donors (Lipinski definition) is 1. The van der Waals surface area contributed by atoms with Crippen LogP contribution in [0.5, 0.6) is 5.75 Å². The van der Waals surface area contributed by atoms with Crippen LogP contribution in [0.2, 0.25) is 0 Å². The van der Waals surface area contributed by atoms with Crippen LogP contribution in [0.1, 0.15) is 11.1 Å². The van der Waals surface area contributed by atoms with Crippen LogP contribution in [-0.4, -0.2) is 24.4 Å². The second-order valence-electron chi connectivity index (χ2n) is 5.50. The minimum Gasteiger partial charge on any atom is -0.489 e. The Kier molecular flexibility index (Phi) is 6.15. The summed E-state index contributed by atoms with van der Waals surface area (Å²) >= 11 is 0. The smallest absolute Gasteiger partial charge is 0.462 e. The summed E-state index contributed by atoms with van der Waals surface area (Å²) in [6.07, 6.45) is -5.80. The summed E-state index contributed by atoms with van der Waals surface area (Å²) < 4.78 is 106. The Bertz CT molecular complexity index is 801. The minimum atomic E-state index is -6.44. The van der Waals surface area contributed by atoms with Crippen molar-refractivity contribution in [1.29, 1.82) is 0 Å². The molecule has 3 nitrogen and oxygen atoms in total. The molecule has 0 aromatic heterocycles. The fraction of sp³-hybridized carbons (Fsp3) is 0.235. The van der Waals surface area contributed by atoms with E-state index in [1.807, 2.05) is 0 Å². The van der Waals surface area contributed by atoms with E-state index in [2.05, 4.69) is 5.10 Å². The van der Waals surface area contributed by atoms with E-state index in [0.717, 1.165) is 0 Å². The first-order chi connectivity index (χ1) is 12.9. The lowest BCUT2D eigenvalue weighted by molar-refractivity contribution is -0.361. The van der Waals surface area contributed by atoms with E-state index in [4.69, 9.17) is 4.74 Å². The molecule has 0 bridgehead atoms. The molecule has 2 aromatic rings. The Hall–Kier alpha value is -2.85. The van der Waals surface area contributed by atoms with Gasteiger partial charge in [0.2, 0.25) is 0 Å². The van der Waals surface area contributed by atoms with Gasteiger partial charge in [-0.25, -0.2) is 9.82 Å². The highest BCUT2D eigenvalue weighted by Gasteiger charge is 2.73. The summed E-state index contributed by atoms with van der Waals surface area (Å²) in [5, 5.41) is 2.74. The summed E-state index contributed by atoms with van der Waals surface area (Å²) in [5.41, 5.74) is 1.34. The molecular weight excluding hydrogens is 400 g/mol. The molecule has 0 saturated carbocycles. The molecule has 11 heteroatoms. The number of nitrogens with zero attached hydrogens (tertiary/aromatic N) is 1. The predicted octanol–water partition coefficient (Wildman–Crippen LogP) is 5.12. The molecule has 0 aliphatic carbocycles. The zero-order chi connectivity index (χ0) is 21.0. The monoisotopic (exact) mass is 412 g/mol. The van der Waals surface area contributed by atoms with Crippen molar-refractivity contribution >= 4 is 6.21 Å². The maximum Gasteiger partial charge on any atom is 0.462 e. The van der Waals surface area contributed by atoms with E-state index >= 15 is 0 Å². The molecule has 0 aliphatic rings. The maximum absolute atomic E-state index is 13.0. The quantitative estimate of drug-likeness (QED) is 0.297. The van der Waals surface area contributed by atoms with Crippen molar-refractivity contribution in [2.24, 2.45) is 5.10 Å². The van der Waals surface area contributed by atoms with Crippen LogP contribution in [-0.2, 0) is 6.61 Å². The molecule has 0 aliphatic heterocycles. The van der Waals surface area contributed by atoms with Crippen LogP contribution in [0.4, 0.5) is 35.1 Å². The van der Waals surface area contributed by atoms with Gasteiger partial charge in [0.1, 0.15) is 18.2 Å². The fourth-order valence-corrected chi connectivity index (χ4v) is 1.83. The number of hydrogen-bond acceptors (Lipinski definition) is 3. The van der Waals surface area contributed by atoms with E-state index in [0.29, 0.717) is 23.0 Å². The minimum absolute atomic E-state index is 0.119. The number of benzene rings is 2. The van der Waals surface area contributed by atoms with Crippen molar-refractivity contribution in [3.05, 3.63) is 65.5 Å². The number of alkyl halides is 7. The number of ether oxygens (including phenoxy) is 1. The van der Waals surface area contributed by atoms with Crippen LogP contribution < -0.4 is 10.2 Å². The van der Waals surface area contributed by atoms with Gasteiger partial charge in [-0.1, -0.05) is 12.1 Å². The lowest BCUT2D eigenvalue weighted by Gasteiger charge is -2.27. The van der Waals surface area contributed by atoms with Crippen LogP contribution >= 0.6 is 0 Å². The molecule has 1 N–H and O–H groups in total. The van der Waals surface area contributed by atoms with Gasteiger partial charge in [-0.15, -0.1) is 0 Å². The summed E-state index contributed by atoms with van der Waals surface area (Å²) in [7, 11) is 0. The summed E-state index contributed by atoms with van der Waals surface area (Å²) in [6, 6.07) is 5.32. The predicted molar refractivity (Wildman–Crippen MR) is 83.9 cm³/mol. The number of rotatable bonds is 7. The van der Waals surface area contributed by atoms with Gasteiger partial charge in [-0.2, -0.15) is 35.8 Å². The molecule has 28 heavy (non-hydrogen) atoms. The average molecular weight is 412 g/mol. The van der Waals surface area contributed by atoms with Gasteiger partial charge in [0, 0.05) is 0 Å². The SMILES string of the molecule is Fc1ccc(COc2ccc(/C=N/NC(F)(F)C(F)(F)C(F)(F)F)cc2)cc1. The fourth-order valence-electron chi connectivity index (χ4n) is 1.83. The standard InChI is InChI=1S/C17H12F8N2O/c18-13-5-1-12(2-6-13)10-28-14-7-3-11(4-8-14)9-26-27-17(24,25)15(19,20)16(21,22)23/h1-9,27H,10H2/b26-9+. The van der Waals surface area contributed by atoms with Gasteiger partial charge < -0.3 is 4.74 Å². The highest BCUT2D eigenvalue weighted by Crippen LogP contribution is 2.44. The molecular formula is C17H12F8N2O. The van der Waals surface area contributed by atoms with Gasteiger partial charge in [0.15, 0.2) is 0 Å². The Morgan fingerprint density at radius 2 is 1.43 bits per heavy atom. The van der Waals surface area contributed by atoms with Crippen LogP contribution in [0, 0.1) is 5.82 Å². The Morgan fingerprint density at radius 3 is 1.96 bits per heavy atom. The van der Waals surface area contributed by atoms with Crippen LogP contribution in [0.25, 0.3) is 0 Å². The number of halogens is 8. The van der Waals surface area contributed by atoms with Crippen molar-refractivity contribution in [3.63, 3.8) is 0 Å². The van der Waals surface area contributed by atoms with Gasteiger partial charge in [0.25, 0.3) is 0 Å². The molecule has 0 unspecified atom stereocenters. The zero-order valence-corrected chi connectivity index (χ0v) is 13.8. The van der Waals surface area contributed by atoms with Crippen molar-refractivity contribution in [2.75, 3.05) is 0 Å². The second kappa shape index (κ2) is 8.03. The van der Waals surface area contributed by atoms with E-state index < -0.39 is 24.0 Å². The van der Waals surface area contributed by atoms with Gasteiger partial charge in [-0.05, 0) is 47.5 Å². The number of nitrogens with one attached hydrogen (secondary N) is 1. The third-order valence-corrected chi connectivity index (χ3v) is 3.37. The molecule has 0 amide bonds. The van der Waals surface area contributed by atoms with Gasteiger partial charge in [0.05, 0.1) is 6.21 Å². The maximum atomic E-state index is 13.0. The topological polar surface area (TPSA) is 33.6 Å². The molecule has 0 atom stereocenters. The van der Waals surface area contributed by atoms with Crippen molar-refractivity contribution < 1.29 is 39.9 Å². The van der Waals surface area contributed by atoms with E-state index in [-0.39, 0.29) is 12.2 Å². The van der Waals surface area contributed by atoms with Crippen LogP contribution in [0.3, 0.4) is 0 Å². The number of hydrazone groups is 1. The van der Waals surface area contributed by atoms with Crippen molar-refractivity contribution in [3.8, 4) is 5.75 Å². The molecule has 2 aromatic carbocycles. The summed E-state index contributed by atoms with van der Waals surface area (Å²) in [4.78, 5) is 0. The molecule has 152 valence electrons. The Labute approximate surface area is 153 Å². The Balaban J connectivity index is 1.93. The van der Waals surface area contributed by atoms with Crippen LogP contribution in [0.15, 0.2) is 53.6 Å². The first kappa shape index (κ1) is 21.5. The third-order valence-electron chi connectivity index (χ3n) is 3.37. The molecule has 0 radical (unpaired) electrons. The van der Waals surface area contributed by atoms with Gasteiger partial charge in [-0.3, -0.25) is 0 Å². The zero-order valence-electron chi connectivity index (χ0n) is 13.8. The largest absolute Gasteiger partial charge is 0.489 e. The van der Waals surface area contributed by atoms with Crippen molar-refractivity contribution in [2.45, 2.75) is 24.8 Å². The summed E-state index contributed by atoms with van der Waals surface area (Å²) in [5.74, 6) is -6.35. The Morgan fingerprint density at radius 1 is 0.857 bits per heavy atom. The van der Waals surface area contributed by atoms with E-state index in [1.54, 1.807) is 0 Å². The van der Waals surface area contributed by atoms with Crippen molar-refractivity contribution in [1.82, 2.24) is 5.43 Å². The van der Waals surface area contributed by atoms with E-state index in [1.165, 1.54) is 48.5 Å². The second-order valence-corrected chi connectivity index (χ2v) is 5.50. The molecule has 2 rings (SSSR count).